The molecule has 0 aliphatic rings. The van der Waals surface area contributed by atoms with E-state index < -0.39 is 10.0 Å². The van der Waals surface area contributed by atoms with Gasteiger partial charge in [-0.1, -0.05) is 29.5 Å². The summed E-state index contributed by atoms with van der Waals surface area (Å²) in [6, 6.07) is 16.3. The van der Waals surface area contributed by atoms with Crippen molar-refractivity contribution in [2.45, 2.75) is 11.8 Å². The second-order valence-corrected chi connectivity index (χ2v) is 10.5. The molecule has 37 heavy (non-hydrogen) atoms. The molecule has 5 rings (SSSR count). The SMILES string of the molecule is COc1cc(-c2ccc(F)cc2)c(C#N)c(C)c1-c1nccc2cc(S(=O)(=O)Nc3nncs3)ccc12. The zero-order valence-corrected chi connectivity index (χ0v) is 21.2. The molecule has 5 aromatic rings. The van der Waals surface area contributed by atoms with Crippen LogP contribution >= 0.6 is 11.3 Å². The van der Waals surface area contributed by atoms with Crippen LogP contribution in [0.1, 0.15) is 11.1 Å². The summed E-state index contributed by atoms with van der Waals surface area (Å²) in [6.45, 7) is 1.80. The number of rotatable bonds is 6. The van der Waals surface area contributed by atoms with Crippen LogP contribution in [0.25, 0.3) is 33.2 Å². The molecule has 2 heterocycles. The highest BCUT2D eigenvalue weighted by molar-refractivity contribution is 7.93. The molecule has 0 bridgehead atoms. The lowest BCUT2D eigenvalue weighted by Gasteiger charge is -2.18. The molecule has 8 nitrogen and oxygen atoms in total. The maximum Gasteiger partial charge on any atom is 0.263 e. The largest absolute Gasteiger partial charge is 0.496 e. The molecular weight excluding hydrogens is 513 g/mol. The monoisotopic (exact) mass is 531 g/mol. The summed E-state index contributed by atoms with van der Waals surface area (Å²) < 4.78 is 47.3. The number of benzene rings is 3. The second-order valence-electron chi connectivity index (χ2n) is 8.01. The number of aromatic nitrogens is 3. The van der Waals surface area contributed by atoms with Gasteiger partial charge in [0.05, 0.1) is 23.3 Å². The molecule has 0 unspecified atom stereocenters. The second kappa shape index (κ2) is 9.57. The van der Waals surface area contributed by atoms with Crippen molar-refractivity contribution in [1.29, 1.82) is 5.26 Å². The number of sulfonamides is 1. The average molecular weight is 532 g/mol. The minimum absolute atomic E-state index is 0.0559. The fraction of sp³-hybridized carbons (Fsp3) is 0.0769. The Bertz CT molecular complexity index is 1780. The number of anilines is 1. The lowest BCUT2D eigenvalue weighted by atomic mass is 9.90. The van der Waals surface area contributed by atoms with Crippen LogP contribution in [0, 0.1) is 24.1 Å². The third kappa shape index (κ3) is 4.48. The smallest absolute Gasteiger partial charge is 0.263 e. The number of methoxy groups -OCH3 is 1. The summed E-state index contributed by atoms with van der Waals surface area (Å²) in [5.41, 5.74) is 4.90. The van der Waals surface area contributed by atoms with Gasteiger partial charge in [-0.25, -0.2) is 12.8 Å². The number of halogens is 1. The van der Waals surface area contributed by atoms with Crippen LogP contribution in [-0.4, -0.2) is 30.7 Å². The highest BCUT2D eigenvalue weighted by Gasteiger charge is 2.22. The number of hydrogen-bond acceptors (Lipinski definition) is 8. The fourth-order valence-corrected chi connectivity index (χ4v) is 5.89. The van der Waals surface area contributed by atoms with E-state index in [0.717, 1.165) is 11.3 Å². The summed E-state index contributed by atoms with van der Waals surface area (Å²) in [7, 11) is -2.36. The van der Waals surface area contributed by atoms with E-state index in [1.165, 1.54) is 30.8 Å². The molecule has 0 atom stereocenters. The van der Waals surface area contributed by atoms with Crippen LogP contribution < -0.4 is 9.46 Å². The fourth-order valence-electron chi connectivity index (χ4n) is 4.16. The molecule has 0 radical (unpaired) electrons. The first-order valence-electron chi connectivity index (χ1n) is 10.9. The van der Waals surface area contributed by atoms with E-state index >= 15 is 0 Å². The van der Waals surface area contributed by atoms with Crippen molar-refractivity contribution in [2.24, 2.45) is 0 Å². The predicted molar refractivity (Wildman–Crippen MR) is 139 cm³/mol. The van der Waals surface area contributed by atoms with Crippen LogP contribution in [0.15, 0.2) is 71.2 Å². The summed E-state index contributed by atoms with van der Waals surface area (Å²) in [6.07, 6.45) is 1.57. The van der Waals surface area contributed by atoms with Gasteiger partial charge in [0.15, 0.2) is 0 Å². The van der Waals surface area contributed by atoms with E-state index in [4.69, 9.17) is 4.74 Å². The Labute approximate surface area is 216 Å². The van der Waals surface area contributed by atoms with Gasteiger partial charge < -0.3 is 4.74 Å². The molecule has 0 saturated carbocycles. The lowest BCUT2D eigenvalue weighted by molar-refractivity contribution is 0.416. The van der Waals surface area contributed by atoms with Gasteiger partial charge in [-0.05, 0) is 59.8 Å². The van der Waals surface area contributed by atoms with Crippen LogP contribution in [0.5, 0.6) is 5.75 Å². The standard InChI is InChI=1S/C26H18FN5O3S2/c1-15-22(13-28)21(16-3-5-18(27)6-4-16)12-23(35-2)24(15)25-20-8-7-19(11-17(20)9-10-29-25)37(33,34)32-26-31-30-14-36-26/h3-12,14H,1-2H3,(H,31,32). The molecule has 0 aliphatic heterocycles. The highest BCUT2D eigenvalue weighted by Crippen LogP contribution is 2.42. The number of fused-ring (bicyclic) bond motifs is 1. The molecule has 0 spiro atoms. The van der Waals surface area contributed by atoms with E-state index in [0.29, 0.717) is 50.0 Å². The molecule has 0 aliphatic carbocycles. The maximum atomic E-state index is 13.5. The van der Waals surface area contributed by atoms with Gasteiger partial charge in [-0.2, -0.15) is 5.26 Å². The summed E-state index contributed by atoms with van der Waals surface area (Å²) in [5.74, 6) is 0.105. The third-order valence-electron chi connectivity index (χ3n) is 5.89. The minimum Gasteiger partial charge on any atom is -0.496 e. The quantitative estimate of drug-likeness (QED) is 0.305. The van der Waals surface area contributed by atoms with E-state index in [2.05, 4.69) is 26.0 Å². The number of nitriles is 1. The Morgan fingerprint density at radius 3 is 2.57 bits per heavy atom. The van der Waals surface area contributed by atoms with Crippen molar-refractivity contribution in [3.05, 3.63) is 83.2 Å². The van der Waals surface area contributed by atoms with E-state index in [1.807, 2.05) is 0 Å². The van der Waals surface area contributed by atoms with Gasteiger partial charge in [-0.3, -0.25) is 9.71 Å². The number of hydrogen-bond donors (Lipinski definition) is 1. The van der Waals surface area contributed by atoms with Crippen LogP contribution in [0.2, 0.25) is 0 Å². The predicted octanol–water partition coefficient (Wildman–Crippen LogP) is 5.55. The normalized spacial score (nSPS) is 11.3. The summed E-state index contributed by atoms with van der Waals surface area (Å²) >= 11 is 1.08. The number of pyridine rings is 1. The minimum atomic E-state index is -3.88. The Morgan fingerprint density at radius 2 is 1.89 bits per heavy atom. The first-order valence-corrected chi connectivity index (χ1v) is 13.2. The molecule has 0 saturated heterocycles. The van der Waals surface area contributed by atoms with E-state index in [-0.39, 0.29) is 15.8 Å². The number of nitrogens with zero attached hydrogens (tertiary/aromatic N) is 4. The first-order chi connectivity index (χ1) is 17.8. The molecule has 3 aromatic carbocycles. The number of ether oxygens (including phenoxy) is 1. The lowest BCUT2D eigenvalue weighted by Crippen LogP contribution is -2.12. The van der Waals surface area contributed by atoms with Gasteiger partial charge in [-0.15, -0.1) is 10.2 Å². The Morgan fingerprint density at radius 1 is 1.11 bits per heavy atom. The van der Waals surface area contributed by atoms with Crippen molar-refractivity contribution in [2.75, 3.05) is 11.8 Å². The molecule has 0 amide bonds. The molecule has 2 aromatic heterocycles. The maximum absolute atomic E-state index is 13.5. The van der Waals surface area contributed by atoms with E-state index in [9.17, 15) is 18.1 Å². The van der Waals surface area contributed by atoms with Gasteiger partial charge in [0.1, 0.15) is 23.1 Å². The highest BCUT2D eigenvalue weighted by atomic mass is 32.2. The average Bonchev–Trinajstić information content (AvgIpc) is 3.40. The van der Waals surface area contributed by atoms with Gasteiger partial charge in [0, 0.05) is 22.7 Å². The van der Waals surface area contributed by atoms with Crippen LogP contribution in [-0.2, 0) is 10.0 Å². The Kier molecular flexibility index (Phi) is 6.29. The van der Waals surface area contributed by atoms with Crippen LogP contribution in [0.3, 0.4) is 0 Å². The molecule has 11 heteroatoms. The Balaban J connectivity index is 1.67. The Hall–Kier alpha value is -4.40. The third-order valence-corrected chi connectivity index (χ3v) is 7.97. The van der Waals surface area contributed by atoms with Crippen molar-refractivity contribution < 1.29 is 17.5 Å². The van der Waals surface area contributed by atoms with Crippen molar-refractivity contribution in [3.63, 3.8) is 0 Å². The van der Waals surface area contributed by atoms with Gasteiger partial charge >= 0.3 is 0 Å². The van der Waals surface area contributed by atoms with Gasteiger partial charge in [0.2, 0.25) is 5.13 Å². The number of nitrogens with one attached hydrogen (secondary N) is 1. The zero-order valence-electron chi connectivity index (χ0n) is 19.6. The van der Waals surface area contributed by atoms with Crippen molar-refractivity contribution >= 4 is 37.3 Å². The first kappa shape index (κ1) is 24.3. The van der Waals surface area contributed by atoms with Crippen molar-refractivity contribution in [3.8, 4) is 34.2 Å². The van der Waals surface area contributed by atoms with E-state index in [1.54, 1.807) is 49.5 Å². The van der Waals surface area contributed by atoms with Crippen LogP contribution in [0.4, 0.5) is 9.52 Å². The molecule has 184 valence electrons. The molecule has 0 fully saturated rings. The van der Waals surface area contributed by atoms with Crippen molar-refractivity contribution in [1.82, 2.24) is 15.2 Å². The summed E-state index contributed by atoms with van der Waals surface area (Å²) in [4.78, 5) is 4.62. The molecule has 1 N–H and O–H groups in total. The zero-order chi connectivity index (χ0) is 26.2. The topological polar surface area (TPSA) is 118 Å². The summed E-state index contributed by atoms with van der Waals surface area (Å²) in [5, 5.41) is 18.9. The molecular formula is C26H18FN5O3S2. The van der Waals surface area contributed by atoms with Gasteiger partial charge in [0.25, 0.3) is 10.0 Å².